The maximum Gasteiger partial charge on any atom is 0.326 e. The Hall–Kier alpha value is -3.57. The summed E-state index contributed by atoms with van der Waals surface area (Å²) in [5, 5.41) is 6.85. The zero-order valence-electron chi connectivity index (χ0n) is 15.1. The average molecular weight is 412 g/mol. The first-order chi connectivity index (χ1) is 13.8. The van der Waals surface area contributed by atoms with Gasteiger partial charge in [-0.25, -0.2) is 18.2 Å². The molecule has 4 aromatic rings. The summed E-state index contributed by atoms with van der Waals surface area (Å²) in [5.41, 5.74) is -0.453. The second-order valence-electron chi connectivity index (χ2n) is 6.36. The molecular formula is C18H16N6O4S. The second kappa shape index (κ2) is 7.11. The molecule has 148 valence electrons. The van der Waals surface area contributed by atoms with Crippen LogP contribution < -0.4 is 16.0 Å². The van der Waals surface area contributed by atoms with Crippen molar-refractivity contribution in [2.24, 2.45) is 0 Å². The van der Waals surface area contributed by atoms with Crippen LogP contribution in [0.15, 0.2) is 63.0 Å². The number of benzene rings is 2. The summed E-state index contributed by atoms with van der Waals surface area (Å²) in [5.74, 6) is 0.807. The van der Waals surface area contributed by atoms with Crippen molar-refractivity contribution >= 4 is 20.9 Å². The number of nitrogens with zero attached hydrogens (tertiary/aromatic N) is 2. The van der Waals surface area contributed by atoms with Crippen LogP contribution in [-0.2, 0) is 10.0 Å². The predicted molar refractivity (Wildman–Crippen MR) is 105 cm³/mol. The second-order valence-corrected chi connectivity index (χ2v) is 8.07. The van der Waals surface area contributed by atoms with Gasteiger partial charge in [0.25, 0.3) is 5.56 Å². The number of sulfonamides is 1. The van der Waals surface area contributed by atoms with Crippen LogP contribution in [0, 0.1) is 6.92 Å². The summed E-state index contributed by atoms with van der Waals surface area (Å²) in [6, 6.07) is 11.9. The number of hydrogen-bond acceptors (Lipinski definition) is 6. The van der Waals surface area contributed by atoms with E-state index in [0.717, 1.165) is 0 Å². The number of rotatable bonds is 5. The van der Waals surface area contributed by atoms with Crippen molar-refractivity contribution < 1.29 is 8.42 Å². The van der Waals surface area contributed by atoms with E-state index >= 15 is 0 Å². The van der Waals surface area contributed by atoms with Crippen LogP contribution in [0.5, 0.6) is 0 Å². The molecular weight excluding hydrogens is 396 g/mol. The summed E-state index contributed by atoms with van der Waals surface area (Å²) in [7, 11) is -4.05. The Kier molecular flexibility index (Phi) is 4.60. The Morgan fingerprint density at radius 3 is 2.48 bits per heavy atom. The number of aromatic nitrogens is 5. The van der Waals surface area contributed by atoms with E-state index in [1.165, 1.54) is 18.2 Å². The SMILES string of the molecule is Cc1nc(C(NS(=O)(=O)c2ccc3[nH]c(=O)[nH]c(=O)c3c2)c2ccccc2)n[nH]1. The molecule has 29 heavy (non-hydrogen) atoms. The lowest BCUT2D eigenvalue weighted by Gasteiger charge is -2.16. The summed E-state index contributed by atoms with van der Waals surface area (Å²) >= 11 is 0. The lowest BCUT2D eigenvalue weighted by Crippen LogP contribution is -2.30. The van der Waals surface area contributed by atoms with E-state index in [9.17, 15) is 18.0 Å². The highest BCUT2D eigenvalue weighted by molar-refractivity contribution is 7.89. The van der Waals surface area contributed by atoms with Gasteiger partial charge in [0.15, 0.2) is 5.82 Å². The molecule has 0 saturated carbocycles. The van der Waals surface area contributed by atoms with Gasteiger partial charge >= 0.3 is 5.69 Å². The Morgan fingerprint density at radius 2 is 1.79 bits per heavy atom. The van der Waals surface area contributed by atoms with E-state index in [1.54, 1.807) is 31.2 Å². The average Bonchev–Trinajstić information content (AvgIpc) is 3.12. The highest BCUT2D eigenvalue weighted by atomic mass is 32.2. The number of hydrogen-bond donors (Lipinski definition) is 4. The van der Waals surface area contributed by atoms with Crippen molar-refractivity contribution in [3.05, 3.63) is 86.6 Å². The molecule has 0 aliphatic heterocycles. The molecule has 1 atom stereocenters. The molecule has 0 amide bonds. The molecule has 4 rings (SSSR count). The van der Waals surface area contributed by atoms with E-state index in [1.807, 2.05) is 6.07 Å². The predicted octanol–water partition coefficient (Wildman–Crippen LogP) is 0.711. The summed E-state index contributed by atoms with van der Waals surface area (Å²) in [6.45, 7) is 1.71. The van der Waals surface area contributed by atoms with Crippen molar-refractivity contribution in [2.75, 3.05) is 0 Å². The molecule has 10 nitrogen and oxygen atoms in total. The maximum absolute atomic E-state index is 13.1. The Labute approximate surface area is 164 Å². The lowest BCUT2D eigenvalue weighted by atomic mass is 10.1. The monoisotopic (exact) mass is 412 g/mol. The normalized spacial score (nSPS) is 12.9. The molecule has 0 bridgehead atoms. The molecule has 4 N–H and O–H groups in total. The van der Waals surface area contributed by atoms with Gasteiger partial charge in [0.2, 0.25) is 10.0 Å². The van der Waals surface area contributed by atoms with Crippen LogP contribution in [0.25, 0.3) is 10.9 Å². The Balaban J connectivity index is 1.78. The molecule has 2 aromatic carbocycles. The van der Waals surface area contributed by atoms with E-state index in [0.29, 0.717) is 11.4 Å². The van der Waals surface area contributed by atoms with Crippen LogP contribution in [0.2, 0.25) is 0 Å². The zero-order valence-corrected chi connectivity index (χ0v) is 15.9. The third kappa shape index (κ3) is 3.73. The van der Waals surface area contributed by atoms with Crippen molar-refractivity contribution in [2.45, 2.75) is 17.9 Å². The third-order valence-corrected chi connectivity index (χ3v) is 5.72. The molecule has 11 heteroatoms. The van der Waals surface area contributed by atoms with Gasteiger partial charge in [0, 0.05) is 0 Å². The number of H-pyrrole nitrogens is 3. The lowest BCUT2D eigenvalue weighted by molar-refractivity contribution is 0.567. The first-order valence-electron chi connectivity index (χ1n) is 8.56. The van der Waals surface area contributed by atoms with Gasteiger partial charge in [-0.15, -0.1) is 0 Å². The molecule has 2 aromatic heterocycles. The fraction of sp³-hybridized carbons (Fsp3) is 0.111. The van der Waals surface area contributed by atoms with Crippen molar-refractivity contribution in [3.63, 3.8) is 0 Å². The van der Waals surface area contributed by atoms with Gasteiger partial charge < -0.3 is 4.98 Å². The number of aryl methyl sites for hydroxylation is 1. The summed E-state index contributed by atoms with van der Waals surface area (Å²) in [4.78, 5) is 32.1. The number of aromatic amines is 3. The fourth-order valence-corrected chi connectivity index (χ4v) is 4.15. The standard InChI is InChI=1S/C18H16N6O4S/c1-10-19-16(23-22-10)15(11-5-3-2-4-6-11)24-29(27,28)12-7-8-14-13(9-12)17(25)21-18(26)20-14/h2-9,15,24H,1H3,(H,19,22,23)(H2,20,21,25,26). The fourth-order valence-electron chi connectivity index (χ4n) is 2.94. The van der Waals surface area contributed by atoms with Crippen LogP contribution in [0.3, 0.4) is 0 Å². The quantitative estimate of drug-likeness (QED) is 0.379. The first-order valence-corrected chi connectivity index (χ1v) is 10.0. The minimum Gasteiger partial charge on any atom is -0.307 e. The number of fused-ring (bicyclic) bond motifs is 1. The van der Waals surface area contributed by atoms with Crippen LogP contribution in [0.1, 0.15) is 23.3 Å². The van der Waals surface area contributed by atoms with Gasteiger partial charge in [0.1, 0.15) is 11.9 Å². The molecule has 0 spiro atoms. The minimum absolute atomic E-state index is 0.0532. The third-order valence-electron chi connectivity index (χ3n) is 4.30. The molecule has 0 fully saturated rings. The van der Waals surface area contributed by atoms with Gasteiger partial charge in [-0.05, 0) is 30.7 Å². The van der Waals surface area contributed by atoms with Gasteiger partial charge in [-0.2, -0.15) is 9.82 Å². The van der Waals surface area contributed by atoms with Crippen LogP contribution >= 0.6 is 0 Å². The smallest absolute Gasteiger partial charge is 0.307 e. The summed E-state index contributed by atoms with van der Waals surface area (Å²) < 4.78 is 28.7. The van der Waals surface area contributed by atoms with Gasteiger partial charge in [0.05, 0.1) is 15.8 Å². The van der Waals surface area contributed by atoms with Crippen molar-refractivity contribution in [1.82, 2.24) is 29.9 Å². The Bertz CT molecular complexity index is 1410. The van der Waals surface area contributed by atoms with E-state index in [4.69, 9.17) is 0 Å². The Morgan fingerprint density at radius 1 is 1.03 bits per heavy atom. The van der Waals surface area contributed by atoms with Gasteiger partial charge in [-0.3, -0.25) is 14.9 Å². The largest absolute Gasteiger partial charge is 0.326 e. The van der Waals surface area contributed by atoms with E-state index in [2.05, 4.69) is 29.9 Å². The molecule has 0 aliphatic rings. The molecule has 0 aliphatic carbocycles. The van der Waals surface area contributed by atoms with Crippen LogP contribution in [-0.4, -0.2) is 33.6 Å². The molecule has 1 unspecified atom stereocenters. The van der Waals surface area contributed by atoms with E-state index in [-0.39, 0.29) is 21.6 Å². The molecule has 2 heterocycles. The maximum atomic E-state index is 13.1. The molecule has 0 radical (unpaired) electrons. The van der Waals surface area contributed by atoms with Gasteiger partial charge in [-0.1, -0.05) is 30.3 Å². The highest BCUT2D eigenvalue weighted by Crippen LogP contribution is 2.23. The van der Waals surface area contributed by atoms with Crippen LogP contribution in [0.4, 0.5) is 0 Å². The topological polar surface area (TPSA) is 153 Å². The first kappa shape index (κ1) is 18.8. The van der Waals surface area contributed by atoms with Crippen molar-refractivity contribution in [1.29, 1.82) is 0 Å². The molecule has 0 saturated heterocycles. The van der Waals surface area contributed by atoms with Crippen molar-refractivity contribution in [3.8, 4) is 0 Å². The minimum atomic E-state index is -4.05. The number of nitrogens with one attached hydrogen (secondary N) is 4. The van der Waals surface area contributed by atoms with E-state index < -0.39 is 27.3 Å². The highest BCUT2D eigenvalue weighted by Gasteiger charge is 2.26. The summed E-state index contributed by atoms with van der Waals surface area (Å²) in [6.07, 6.45) is 0. The zero-order chi connectivity index (χ0) is 20.6.